The van der Waals surface area contributed by atoms with Gasteiger partial charge in [0.2, 0.25) is 0 Å². The maximum Gasteiger partial charge on any atom is 0.332 e. The number of para-hydroxylation sites is 1. The van der Waals surface area contributed by atoms with Crippen molar-refractivity contribution in [1.82, 2.24) is 14.0 Å². The van der Waals surface area contributed by atoms with Gasteiger partial charge in [-0.2, -0.15) is 0 Å². The molecule has 1 saturated heterocycles. The van der Waals surface area contributed by atoms with E-state index in [0.717, 1.165) is 24.2 Å². The lowest BCUT2D eigenvalue weighted by Crippen LogP contribution is -2.38. The highest BCUT2D eigenvalue weighted by molar-refractivity contribution is 5.77. The number of nitrogens with zero attached hydrogens (tertiary/aromatic N) is 3. The van der Waals surface area contributed by atoms with Crippen LogP contribution in [-0.4, -0.2) is 33.7 Å². The lowest BCUT2D eigenvalue weighted by molar-refractivity contribution is 0.255. The Labute approximate surface area is 135 Å². The van der Waals surface area contributed by atoms with Gasteiger partial charge in [-0.25, -0.2) is 4.79 Å². The highest BCUT2D eigenvalue weighted by Crippen LogP contribution is 2.08. The van der Waals surface area contributed by atoms with Crippen molar-refractivity contribution < 1.29 is 0 Å². The lowest BCUT2D eigenvalue weighted by atomic mass is 10.1. The summed E-state index contributed by atoms with van der Waals surface area (Å²) in [5.74, 6) is 6.24. The zero-order chi connectivity index (χ0) is 16.2. The topological polar surface area (TPSA) is 47.2 Å². The predicted molar refractivity (Wildman–Crippen MR) is 91.5 cm³/mol. The van der Waals surface area contributed by atoms with E-state index in [-0.39, 0.29) is 11.2 Å². The summed E-state index contributed by atoms with van der Waals surface area (Å²) in [6.45, 7) is 3.27. The van der Waals surface area contributed by atoms with E-state index in [0.29, 0.717) is 17.4 Å². The molecule has 5 nitrogen and oxygen atoms in total. The molecule has 0 unspecified atom stereocenters. The van der Waals surface area contributed by atoms with Gasteiger partial charge in [0.15, 0.2) is 0 Å². The Kier molecular flexibility index (Phi) is 4.63. The molecule has 0 aliphatic carbocycles. The first-order valence-electron chi connectivity index (χ1n) is 8.05. The third-order valence-corrected chi connectivity index (χ3v) is 4.36. The molecule has 0 atom stereocenters. The van der Waals surface area contributed by atoms with Crippen molar-refractivity contribution >= 4 is 10.9 Å². The highest BCUT2D eigenvalue weighted by Gasteiger charge is 2.09. The van der Waals surface area contributed by atoms with E-state index < -0.39 is 0 Å². The van der Waals surface area contributed by atoms with E-state index in [9.17, 15) is 9.59 Å². The number of likely N-dealkylation sites (tertiary alicyclic amines) is 1. The van der Waals surface area contributed by atoms with Crippen LogP contribution in [0, 0.1) is 11.8 Å². The summed E-state index contributed by atoms with van der Waals surface area (Å²) >= 11 is 0. The fraction of sp³-hybridized carbons (Fsp3) is 0.444. The molecule has 0 spiro atoms. The van der Waals surface area contributed by atoms with Gasteiger partial charge in [-0.1, -0.05) is 30.4 Å². The molecule has 0 saturated carbocycles. The summed E-state index contributed by atoms with van der Waals surface area (Å²) in [5.41, 5.74) is 0.0666. The van der Waals surface area contributed by atoms with Crippen molar-refractivity contribution in [1.29, 1.82) is 0 Å². The van der Waals surface area contributed by atoms with E-state index in [4.69, 9.17) is 0 Å². The molecule has 3 rings (SSSR count). The average molecular weight is 311 g/mol. The number of benzene rings is 1. The van der Waals surface area contributed by atoms with Gasteiger partial charge >= 0.3 is 5.69 Å². The molecule has 23 heavy (non-hydrogen) atoms. The number of fused-ring (bicyclic) bond motifs is 1. The number of rotatable bonds is 2. The third-order valence-electron chi connectivity index (χ3n) is 4.36. The van der Waals surface area contributed by atoms with E-state index in [1.807, 2.05) is 6.07 Å². The standard InChI is InChI=1S/C18H21N3O2/c1-19-17(22)15-9-3-4-10-16(15)21(18(19)23)14-8-7-13-20-11-5-2-6-12-20/h3-4,9-10H,2,5-6,11-14H2,1H3. The molecule has 0 N–H and O–H groups in total. The zero-order valence-electron chi connectivity index (χ0n) is 13.4. The van der Waals surface area contributed by atoms with Crippen LogP contribution in [0.2, 0.25) is 0 Å². The Balaban J connectivity index is 1.86. The normalized spacial score (nSPS) is 15.3. The summed E-state index contributed by atoms with van der Waals surface area (Å²) in [4.78, 5) is 26.8. The summed E-state index contributed by atoms with van der Waals surface area (Å²) < 4.78 is 2.72. The van der Waals surface area contributed by atoms with Gasteiger partial charge in [0.25, 0.3) is 5.56 Å². The molecule has 1 aromatic carbocycles. The number of aromatic nitrogens is 2. The Morgan fingerprint density at radius 2 is 1.70 bits per heavy atom. The van der Waals surface area contributed by atoms with Crippen LogP contribution in [0.15, 0.2) is 33.9 Å². The molecule has 120 valence electrons. The number of piperidine rings is 1. The Morgan fingerprint density at radius 1 is 1.00 bits per heavy atom. The lowest BCUT2D eigenvalue weighted by Gasteiger charge is -2.23. The quantitative estimate of drug-likeness (QED) is 0.783. The SMILES string of the molecule is Cn1c(=O)c2ccccc2n(CC#CCN2CCCCC2)c1=O. The second kappa shape index (κ2) is 6.84. The van der Waals surface area contributed by atoms with Crippen LogP contribution in [-0.2, 0) is 13.6 Å². The van der Waals surface area contributed by atoms with Gasteiger partial charge in [-0.05, 0) is 38.1 Å². The summed E-state index contributed by atoms with van der Waals surface area (Å²) in [6, 6.07) is 7.18. The molecule has 1 aliphatic rings. The highest BCUT2D eigenvalue weighted by atomic mass is 16.2. The van der Waals surface area contributed by atoms with Crippen LogP contribution in [0.5, 0.6) is 0 Å². The minimum atomic E-state index is -0.319. The van der Waals surface area contributed by atoms with Crippen molar-refractivity contribution in [3.05, 3.63) is 45.1 Å². The smallest absolute Gasteiger partial charge is 0.292 e. The third kappa shape index (κ3) is 3.22. The molecule has 0 amide bonds. The summed E-state index contributed by atoms with van der Waals surface area (Å²) in [6.07, 6.45) is 3.79. The molecule has 1 aliphatic heterocycles. The first kappa shape index (κ1) is 15.6. The van der Waals surface area contributed by atoms with Crippen molar-refractivity contribution in [3.63, 3.8) is 0 Å². The van der Waals surface area contributed by atoms with Crippen LogP contribution in [0.4, 0.5) is 0 Å². The fourth-order valence-electron chi connectivity index (χ4n) is 3.01. The molecule has 5 heteroatoms. The molecule has 0 radical (unpaired) electrons. The van der Waals surface area contributed by atoms with E-state index in [2.05, 4.69) is 16.7 Å². The molecule has 1 aromatic heterocycles. The van der Waals surface area contributed by atoms with E-state index in [1.165, 1.54) is 26.3 Å². The predicted octanol–water partition coefficient (Wildman–Crippen LogP) is 1.19. The molecule has 1 fully saturated rings. The average Bonchev–Trinajstić information content (AvgIpc) is 2.60. The van der Waals surface area contributed by atoms with Gasteiger partial charge in [-0.15, -0.1) is 0 Å². The first-order chi connectivity index (χ1) is 11.2. The van der Waals surface area contributed by atoms with Crippen molar-refractivity contribution in [2.45, 2.75) is 25.8 Å². The van der Waals surface area contributed by atoms with Crippen molar-refractivity contribution in [2.75, 3.05) is 19.6 Å². The molecule has 2 aromatic rings. The second-order valence-corrected chi connectivity index (χ2v) is 5.94. The summed E-state index contributed by atoms with van der Waals surface area (Å²) in [5, 5.41) is 0.549. The number of hydrogen-bond acceptors (Lipinski definition) is 3. The van der Waals surface area contributed by atoms with Crippen LogP contribution < -0.4 is 11.2 Å². The van der Waals surface area contributed by atoms with Gasteiger partial charge in [0.05, 0.1) is 24.0 Å². The molecular weight excluding hydrogens is 290 g/mol. The fourth-order valence-corrected chi connectivity index (χ4v) is 3.01. The zero-order valence-corrected chi connectivity index (χ0v) is 13.4. The molecule has 2 heterocycles. The van der Waals surface area contributed by atoms with Gasteiger partial charge in [0, 0.05) is 7.05 Å². The van der Waals surface area contributed by atoms with E-state index >= 15 is 0 Å². The summed E-state index contributed by atoms with van der Waals surface area (Å²) in [7, 11) is 1.51. The maximum absolute atomic E-state index is 12.3. The van der Waals surface area contributed by atoms with Gasteiger partial charge in [-0.3, -0.25) is 18.8 Å². The monoisotopic (exact) mass is 311 g/mol. The van der Waals surface area contributed by atoms with Gasteiger partial charge in [0.1, 0.15) is 0 Å². The largest absolute Gasteiger partial charge is 0.332 e. The van der Waals surface area contributed by atoms with Crippen LogP contribution >= 0.6 is 0 Å². The Morgan fingerprint density at radius 3 is 2.48 bits per heavy atom. The first-order valence-corrected chi connectivity index (χ1v) is 8.05. The van der Waals surface area contributed by atoms with Crippen LogP contribution in [0.3, 0.4) is 0 Å². The van der Waals surface area contributed by atoms with Crippen LogP contribution in [0.1, 0.15) is 19.3 Å². The Hall–Kier alpha value is -2.32. The second-order valence-electron chi connectivity index (χ2n) is 5.94. The number of hydrogen-bond donors (Lipinski definition) is 0. The van der Waals surface area contributed by atoms with Crippen molar-refractivity contribution in [3.8, 4) is 11.8 Å². The van der Waals surface area contributed by atoms with Crippen molar-refractivity contribution in [2.24, 2.45) is 7.05 Å². The molecular formula is C18H21N3O2. The van der Waals surface area contributed by atoms with Gasteiger partial charge < -0.3 is 0 Å². The minimum Gasteiger partial charge on any atom is -0.292 e. The minimum absolute atomic E-state index is 0.261. The maximum atomic E-state index is 12.3. The van der Waals surface area contributed by atoms with E-state index in [1.54, 1.807) is 22.8 Å². The van der Waals surface area contributed by atoms with Crippen LogP contribution in [0.25, 0.3) is 10.9 Å². The molecule has 0 bridgehead atoms. The Bertz CT molecular complexity index is 877.